The lowest BCUT2D eigenvalue weighted by Crippen LogP contribution is -2.31. The van der Waals surface area contributed by atoms with Crippen LogP contribution in [0.3, 0.4) is 0 Å². The highest BCUT2D eigenvalue weighted by atomic mass is 32.2. The van der Waals surface area contributed by atoms with Crippen molar-refractivity contribution in [3.63, 3.8) is 0 Å². The molecule has 1 saturated heterocycles. The number of halogens is 1. The maximum absolute atomic E-state index is 14.7. The first kappa shape index (κ1) is 22.1. The molecule has 0 aliphatic carbocycles. The molecule has 0 spiro atoms. The number of benzene rings is 2. The summed E-state index contributed by atoms with van der Waals surface area (Å²) in [7, 11) is -4.05. The smallest absolute Gasteiger partial charge is 0.282 e. The van der Waals surface area contributed by atoms with Crippen molar-refractivity contribution in [3.8, 4) is 0 Å². The number of piperidine rings is 1. The summed E-state index contributed by atoms with van der Waals surface area (Å²) in [6, 6.07) is 9.22. The number of hydrogen-bond donors (Lipinski definition) is 2. The van der Waals surface area contributed by atoms with Crippen LogP contribution in [0.25, 0.3) is 0 Å². The summed E-state index contributed by atoms with van der Waals surface area (Å²) in [4.78, 5) is 12.3. The third-order valence-corrected chi connectivity index (χ3v) is 6.90. The van der Waals surface area contributed by atoms with E-state index < -0.39 is 21.7 Å². The Balaban J connectivity index is 1.86. The molecule has 0 saturated carbocycles. The van der Waals surface area contributed by atoms with E-state index in [2.05, 4.69) is 15.0 Å². The summed E-state index contributed by atoms with van der Waals surface area (Å²) in [5, 5.41) is 5.76. The van der Waals surface area contributed by atoms with Crippen molar-refractivity contribution in [3.05, 3.63) is 58.9 Å². The molecule has 2 N–H and O–H groups in total. The molecule has 6 nitrogen and oxygen atoms in total. The molecule has 0 unspecified atom stereocenters. The van der Waals surface area contributed by atoms with Gasteiger partial charge in [0.1, 0.15) is 5.82 Å². The molecule has 0 radical (unpaired) electrons. The Labute approximate surface area is 176 Å². The van der Waals surface area contributed by atoms with Gasteiger partial charge in [-0.15, -0.1) is 0 Å². The van der Waals surface area contributed by atoms with Gasteiger partial charge in [-0.05, 0) is 76.0 Å². The largest absolute Gasteiger partial charge is 0.319 e. The second-order valence-corrected chi connectivity index (χ2v) is 9.17. The van der Waals surface area contributed by atoms with Crippen LogP contribution in [0.5, 0.6) is 0 Å². The van der Waals surface area contributed by atoms with Crippen LogP contribution >= 0.6 is 0 Å². The van der Waals surface area contributed by atoms with Gasteiger partial charge in [0.15, 0.2) is 0 Å². The Bertz CT molecular complexity index is 1090. The quantitative estimate of drug-likeness (QED) is 0.704. The lowest BCUT2D eigenvalue weighted by atomic mass is 9.94. The molecule has 1 heterocycles. The van der Waals surface area contributed by atoms with E-state index in [-0.39, 0.29) is 16.5 Å². The lowest BCUT2D eigenvalue weighted by molar-refractivity contribution is 0.102. The van der Waals surface area contributed by atoms with Gasteiger partial charge in [0.2, 0.25) is 0 Å². The van der Waals surface area contributed by atoms with Crippen LogP contribution in [-0.4, -0.2) is 33.1 Å². The molecular formula is C22H26FN3O3S. The molecule has 2 aromatic carbocycles. The van der Waals surface area contributed by atoms with Crippen LogP contribution in [0, 0.1) is 25.6 Å². The Morgan fingerprint density at radius 3 is 2.47 bits per heavy atom. The second-order valence-electron chi connectivity index (χ2n) is 7.60. The van der Waals surface area contributed by atoms with Gasteiger partial charge >= 0.3 is 0 Å². The summed E-state index contributed by atoms with van der Waals surface area (Å²) >= 11 is 0. The van der Waals surface area contributed by atoms with E-state index >= 15 is 0 Å². The highest BCUT2D eigenvalue weighted by Gasteiger charge is 2.23. The molecule has 160 valence electrons. The molecule has 1 aliphatic rings. The Kier molecular flexibility index (Phi) is 6.67. The minimum absolute atomic E-state index is 0.0706. The lowest BCUT2D eigenvalue weighted by Gasteiger charge is -2.22. The number of rotatable bonds is 5. The van der Waals surface area contributed by atoms with Gasteiger partial charge in [-0.2, -0.15) is 12.8 Å². The topological polar surface area (TPSA) is 87.6 Å². The minimum atomic E-state index is -4.05. The molecular weight excluding hydrogens is 405 g/mol. The first-order chi connectivity index (χ1) is 14.2. The summed E-state index contributed by atoms with van der Waals surface area (Å²) in [6.07, 6.45) is 1.64. The van der Waals surface area contributed by atoms with E-state index in [9.17, 15) is 17.6 Å². The Morgan fingerprint density at radius 1 is 1.13 bits per heavy atom. The molecule has 0 aromatic heterocycles. The monoisotopic (exact) mass is 431 g/mol. The SMILES string of the molecule is C/C(=N/S(=O)(=O)c1cc(F)c(NC(=O)c2ccccc2C)cc1C)C1CCNCC1. The van der Waals surface area contributed by atoms with E-state index in [0.29, 0.717) is 16.8 Å². The number of aryl methyl sites for hydroxylation is 2. The fourth-order valence-electron chi connectivity index (χ4n) is 3.61. The molecule has 0 bridgehead atoms. The second kappa shape index (κ2) is 9.06. The number of sulfonamides is 1. The van der Waals surface area contributed by atoms with Gasteiger partial charge in [-0.3, -0.25) is 4.79 Å². The van der Waals surface area contributed by atoms with Gasteiger partial charge in [0, 0.05) is 17.2 Å². The van der Waals surface area contributed by atoms with Crippen LogP contribution in [0.1, 0.15) is 41.3 Å². The third-order valence-electron chi connectivity index (χ3n) is 5.37. The van der Waals surface area contributed by atoms with Crippen molar-refractivity contribution >= 4 is 27.3 Å². The Morgan fingerprint density at radius 2 is 1.80 bits per heavy atom. The number of nitrogens with one attached hydrogen (secondary N) is 2. The van der Waals surface area contributed by atoms with Gasteiger partial charge in [0.25, 0.3) is 15.9 Å². The van der Waals surface area contributed by atoms with E-state index in [1.807, 2.05) is 6.07 Å². The molecule has 1 fully saturated rings. The summed E-state index contributed by atoms with van der Waals surface area (Å²) in [6.45, 7) is 6.69. The highest BCUT2D eigenvalue weighted by molar-refractivity contribution is 7.90. The van der Waals surface area contributed by atoms with Crippen LogP contribution in [0.2, 0.25) is 0 Å². The number of carbonyl (C=O) groups is 1. The zero-order valence-corrected chi connectivity index (χ0v) is 18.1. The van der Waals surface area contributed by atoms with E-state index in [4.69, 9.17) is 0 Å². The fraction of sp³-hybridized carbons (Fsp3) is 0.364. The molecule has 2 aromatic rings. The predicted octanol–water partition coefficient (Wildman–Crippen LogP) is 3.84. The zero-order chi connectivity index (χ0) is 21.9. The number of hydrogen-bond acceptors (Lipinski definition) is 4. The first-order valence-corrected chi connectivity index (χ1v) is 11.3. The molecule has 30 heavy (non-hydrogen) atoms. The molecule has 1 amide bonds. The van der Waals surface area contributed by atoms with Crippen LogP contribution in [0.4, 0.5) is 10.1 Å². The Hall–Kier alpha value is -2.58. The van der Waals surface area contributed by atoms with Crippen LogP contribution in [0.15, 0.2) is 45.7 Å². The van der Waals surface area contributed by atoms with Crippen molar-refractivity contribution in [1.82, 2.24) is 5.32 Å². The molecule has 8 heteroatoms. The number of anilines is 1. The van der Waals surface area contributed by atoms with Gasteiger partial charge in [-0.25, -0.2) is 4.39 Å². The van der Waals surface area contributed by atoms with Crippen LogP contribution in [-0.2, 0) is 10.0 Å². The molecule has 3 rings (SSSR count). The van der Waals surface area contributed by atoms with Crippen molar-refractivity contribution in [1.29, 1.82) is 0 Å². The van der Waals surface area contributed by atoms with E-state index in [1.165, 1.54) is 6.07 Å². The van der Waals surface area contributed by atoms with Crippen LogP contribution < -0.4 is 10.6 Å². The average Bonchev–Trinajstić information content (AvgIpc) is 2.71. The normalized spacial score (nSPS) is 15.8. The first-order valence-electron chi connectivity index (χ1n) is 9.88. The summed E-state index contributed by atoms with van der Waals surface area (Å²) < 4.78 is 44.3. The average molecular weight is 432 g/mol. The third kappa shape index (κ3) is 4.94. The number of amides is 1. The minimum Gasteiger partial charge on any atom is -0.319 e. The molecule has 0 atom stereocenters. The highest BCUT2D eigenvalue weighted by Crippen LogP contribution is 2.26. The van der Waals surface area contributed by atoms with Crippen molar-refractivity contribution in [2.75, 3.05) is 18.4 Å². The van der Waals surface area contributed by atoms with Gasteiger partial charge < -0.3 is 10.6 Å². The summed E-state index contributed by atoms with van der Waals surface area (Å²) in [5.74, 6) is -1.18. The van der Waals surface area contributed by atoms with Gasteiger partial charge in [-0.1, -0.05) is 18.2 Å². The number of carbonyl (C=O) groups excluding carboxylic acids is 1. The van der Waals surface area contributed by atoms with Gasteiger partial charge in [0.05, 0.1) is 10.6 Å². The fourth-order valence-corrected chi connectivity index (χ4v) is 4.95. The predicted molar refractivity (Wildman–Crippen MR) is 116 cm³/mol. The summed E-state index contributed by atoms with van der Waals surface area (Å²) in [5.41, 5.74) is 1.97. The van der Waals surface area contributed by atoms with Crippen molar-refractivity contribution in [2.24, 2.45) is 10.3 Å². The van der Waals surface area contributed by atoms with Crippen molar-refractivity contribution < 1.29 is 17.6 Å². The maximum atomic E-state index is 14.7. The zero-order valence-electron chi connectivity index (χ0n) is 17.3. The van der Waals surface area contributed by atoms with E-state index in [1.54, 1.807) is 39.0 Å². The maximum Gasteiger partial charge on any atom is 0.282 e. The van der Waals surface area contributed by atoms with E-state index in [0.717, 1.165) is 37.6 Å². The molecule has 1 aliphatic heterocycles. The number of nitrogens with zero attached hydrogens (tertiary/aromatic N) is 1. The standard InChI is InChI=1S/C22H26FN3O3S/c1-14-6-4-5-7-18(14)22(27)25-20-12-15(2)21(13-19(20)23)30(28,29)26-16(3)17-8-10-24-11-9-17/h4-7,12-13,17,24H,8-11H2,1-3H3,(H,25,27)/b26-16-. The van der Waals surface area contributed by atoms with Crippen molar-refractivity contribution in [2.45, 2.75) is 38.5 Å².